The largest absolute Gasteiger partial charge is 0.369 e. The fraction of sp³-hybridized carbons (Fsp3) is 0.857. The maximum Gasteiger partial charge on any atom is 0.279 e. The zero-order valence-electron chi connectivity index (χ0n) is 7.90. The van der Waals surface area contributed by atoms with E-state index in [0.717, 1.165) is 19.3 Å². The molecule has 0 aromatic rings. The molecule has 0 aliphatic carbocycles. The minimum atomic E-state index is -3.50. The first-order valence-corrected chi connectivity index (χ1v) is 5.99. The highest BCUT2D eigenvalue weighted by Gasteiger charge is 2.23. The Bertz CT molecular complexity index is 295. The molecule has 1 saturated heterocycles. The van der Waals surface area contributed by atoms with Crippen LogP contribution in [-0.2, 0) is 15.0 Å². The molecule has 82 valence electrons. The molecule has 0 atom stereocenters. The number of carbonyl (C=O) groups is 1. The second-order valence-corrected chi connectivity index (χ2v) is 5.01. The van der Waals surface area contributed by atoms with Crippen LogP contribution in [0.3, 0.4) is 0 Å². The Morgan fingerprint density at radius 3 is 2.36 bits per heavy atom. The normalized spacial score (nSPS) is 19.4. The average molecular weight is 221 g/mol. The van der Waals surface area contributed by atoms with Crippen molar-refractivity contribution < 1.29 is 13.2 Å². The van der Waals surface area contributed by atoms with Crippen LogP contribution in [-0.4, -0.2) is 38.3 Å². The van der Waals surface area contributed by atoms with E-state index in [-0.39, 0.29) is 6.54 Å². The van der Waals surface area contributed by atoms with E-state index in [2.05, 4.69) is 4.72 Å². The van der Waals surface area contributed by atoms with E-state index in [1.807, 2.05) is 0 Å². The molecule has 1 aliphatic heterocycles. The van der Waals surface area contributed by atoms with E-state index in [1.54, 1.807) is 0 Å². The van der Waals surface area contributed by atoms with Crippen LogP contribution in [0.5, 0.6) is 0 Å². The summed E-state index contributed by atoms with van der Waals surface area (Å²) in [4.78, 5) is 10.4. The molecule has 0 radical (unpaired) electrons. The van der Waals surface area contributed by atoms with E-state index in [4.69, 9.17) is 5.73 Å². The van der Waals surface area contributed by atoms with Crippen LogP contribution in [0.1, 0.15) is 19.3 Å². The Hall–Kier alpha value is -0.660. The molecule has 0 saturated carbocycles. The lowest BCUT2D eigenvalue weighted by Crippen LogP contribution is -2.45. The standard InChI is InChI=1S/C7H15N3O3S/c8-7(11)6-9-14(12,13)10-4-2-1-3-5-10/h9H,1-6H2,(H2,8,11). The quantitative estimate of drug-likeness (QED) is 0.624. The van der Waals surface area contributed by atoms with E-state index in [9.17, 15) is 13.2 Å². The van der Waals surface area contributed by atoms with Crippen molar-refractivity contribution in [2.75, 3.05) is 19.6 Å². The predicted molar refractivity (Wildman–Crippen MR) is 51.5 cm³/mol. The van der Waals surface area contributed by atoms with E-state index < -0.39 is 16.1 Å². The van der Waals surface area contributed by atoms with Gasteiger partial charge in [0.2, 0.25) is 5.91 Å². The van der Waals surface area contributed by atoms with Gasteiger partial charge in [-0.15, -0.1) is 0 Å². The van der Waals surface area contributed by atoms with Crippen LogP contribution in [0.4, 0.5) is 0 Å². The lowest BCUT2D eigenvalue weighted by Gasteiger charge is -2.25. The van der Waals surface area contributed by atoms with Gasteiger partial charge in [-0.25, -0.2) is 0 Å². The van der Waals surface area contributed by atoms with Crippen molar-refractivity contribution in [1.29, 1.82) is 0 Å². The number of carbonyl (C=O) groups excluding carboxylic acids is 1. The molecule has 0 unspecified atom stereocenters. The van der Waals surface area contributed by atoms with E-state index in [1.165, 1.54) is 4.31 Å². The van der Waals surface area contributed by atoms with Crippen LogP contribution in [0.15, 0.2) is 0 Å². The van der Waals surface area contributed by atoms with Gasteiger partial charge in [-0.2, -0.15) is 17.4 Å². The van der Waals surface area contributed by atoms with Crippen molar-refractivity contribution in [1.82, 2.24) is 9.03 Å². The van der Waals surface area contributed by atoms with E-state index in [0.29, 0.717) is 13.1 Å². The summed E-state index contributed by atoms with van der Waals surface area (Å²) in [6.45, 7) is 0.709. The number of nitrogens with one attached hydrogen (secondary N) is 1. The van der Waals surface area contributed by atoms with Crippen molar-refractivity contribution in [2.45, 2.75) is 19.3 Å². The second-order valence-electron chi connectivity index (χ2n) is 3.25. The first-order chi connectivity index (χ1) is 6.52. The number of primary amides is 1. The summed E-state index contributed by atoms with van der Waals surface area (Å²) in [6, 6.07) is 0. The Balaban J connectivity index is 2.50. The van der Waals surface area contributed by atoms with Crippen LogP contribution < -0.4 is 10.5 Å². The highest BCUT2D eigenvalue weighted by Crippen LogP contribution is 2.11. The molecule has 1 fully saturated rings. The Morgan fingerprint density at radius 2 is 1.86 bits per heavy atom. The minimum absolute atomic E-state index is 0.334. The van der Waals surface area contributed by atoms with Gasteiger partial charge in [0.05, 0.1) is 6.54 Å². The third-order valence-electron chi connectivity index (χ3n) is 2.08. The van der Waals surface area contributed by atoms with Gasteiger partial charge in [-0.1, -0.05) is 6.42 Å². The van der Waals surface area contributed by atoms with Gasteiger partial charge in [-0.3, -0.25) is 4.79 Å². The molecule has 1 heterocycles. The highest BCUT2D eigenvalue weighted by atomic mass is 32.2. The molecule has 14 heavy (non-hydrogen) atoms. The molecule has 0 bridgehead atoms. The maximum atomic E-state index is 11.5. The number of nitrogens with zero attached hydrogens (tertiary/aromatic N) is 1. The first-order valence-electron chi connectivity index (χ1n) is 4.55. The van der Waals surface area contributed by atoms with Gasteiger partial charge in [0.1, 0.15) is 0 Å². The third kappa shape index (κ3) is 3.24. The summed E-state index contributed by atoms with van der Waals surface area (Å²) in [6.07, 6.45) is 2.80. The summed E-state index contributed by atoms with van der Waals surface area (Å²) in [7, 11) is -3.50. The van der Waals surface area contributed by atoms with Gasteiger partial charge in [0.15, 0.2) is 0 Å². The van der Waals surface area contributed by atoms with Gasteiger partial charge in [0, 0.05) is 13.1 Å². The monoisotopic (exact) mass is 221 g/mol. The molecule has 0 spiro atoms. The SMILES string of the molecule is NC(=O)CNS(=O)(=O)N1CCCCC1. The Kier molecular flexibility index (Phi) is 3.85. The molecule has 0 aromatic heterocycles. The smallest absolute Gasteiger partial charge is 0.279 e. The Morgan fingerprint density at radius 1 is 1.29 bits per heavy atom. The van der Waals surface area contributed by atoms with E-state index >= 15 is 0 Å². The fourth-order valence-corrected chi connectivity index (χ4v) is 2.61. The van der Waals surface area contributed by atoms with Gasteiger partial charge < -0.3 is 5.73 Å². The molecule has 6 nitrogen and oxygen atoms in total. The number of hydrogen-bond donors (Lipinski definition) is 2. The van der Waals surface area contributed by atoms with Crippen LogP contribution in [0.25, 0.3) is 0 Å². The molecule has 1 aliphatic rings. The number of hydrogen-bond acceptors (Lipinski definition) is 3. The lowest BCUT2D eigenvalue weighted by molar-refractivity contribution is -0.116. The van der Waals surface area contributed by atoms with Crippen molar-refractivity contribution in [2.24, 2.45) is 5.73 Å². The molecule has 1 rings (SSSR count). The topological polar surface area (TPSA) is 92.5 Å². The third-order valence-corrected chi connectivity index (χ3v) is 3.64. The predicted octanol–water partition coefficient (Wildman–Crippen LogP) is -1.21. The second kappa shape index (κ2) is 4.72. The average Bonchev–Trinajstić information content (AvgIpc) is 2.16. The molecule has 3 N–H and O–H groups in total. The number of rotatable bonds is 4. The zero-order chi connectivity index (χ0) is 10.6. The summed E-state index contributed by atoms with van der Waals surface area (Å²) in [5.74, 6) is -0.675. The van der Waals surface area contributed by atoms with Gasteiger partial charge in [0.25, 0.3) is 10.2 Å². The summed E-state index contributed by atoms with van der Waals surface area (Å²) < 4.78 is 26.5. The van der Waals surface area contributed by atoms with Crippen molar-refractivity contribution in [3.63, 3.8) is 0 Å². The number of amides is 1. The highest BCUT2D eigenvalue weighted by molar-refractivity contribution is 7.87. The fourth-order valence-electron chi connectivity index (χ4n) is 1.36. The lowest BCUT2D eigenvalue weighted by atomic mass is 10.2. The molecule has 7 heteroatoms. The van der Waals surface area contributed by atoms with Gasteiger partial charge in [-0.05, 0) is 12.8 Å². The van der Waals surface area contributed by atoms with Crippen molar-refractivity contribution >= 4 is 16.1 Å². The number of nitrogens with two attached hydrogens (primary N) is 1. The minimum Gasteiger partial charge on any atom is -0.369 e. The van der Waals surface area contributed by atoms with Crippen molar-refractivity contribution in [3.8, 4) is 0 Å². The number of piperidine rings is 1. The van der Waals surface area contributed by atoms with Crippen LogP contribution >= 0.6 is 0 Å². The zero-order valence-corrected chi connectivity index (χ0v) is 8.72. The maximum absolute atomic E-state index is 11.5. The summed E-state index contributed by atoms with van der Waals surface area (Å²) >= 11 is 0. The first kappa shape index (κ1) is 11.4. The van der Waals surface area contributed by atoms with Crippen LogP contribution in [0, 0.1) is 0 Å². The van der Waals surface area contributed by atoms with Crippen molar-refractivity contribution in [3.05, 3.63) is 0 Å². The molecule has 1 amide bonds. The molecular weight excluding hydrogens is 206 g/mol. The summed E-state index contributed by atoms with van der Waals surface area (Å²) in [5, 5.41) is 0. The molecule has 0 aromatic carbocycles. The van der Waals surface area contributed by atoms with Crippen LogP contribution in [0.2, 0.25) is 0 Å². The van der Waals surface area contributed by atoms with Gasteiger partial charge >= 0.3 is 0 Å². The molecular formula is C7H15N3O3S. The summed E-state index contributed by atoms with van der Waals surface area (Å²) in [5.41, 5.74) is 4.84. The Labute approximate surface area is 83.6 Å².